The van der Waals surface area contributed by atoms with Gasteiger partial charge in [-0.1, -0.05) is 0 Å². The third-order valence-corrected chi connectivity index (χ3v) is 12.0. The van der Waals surface area contributed by atoms with Gasteiger partial charge in [0.25, 0.3) is 0 Å². The van der Waals surface area contributed by atoms with Crippen LogP contribution in [-0.2, 0) is 18.9 Å². The first kappa shape index (κ1) is 45.8. The Labute approximate surface area is 315 Å². The highest BCUT2D eigenvalue weighted by molar-refractivity contribution is 5.08. The van der Waals surface area contributed by atoms with Crippen LogP contribution in [0.4, 0.5) is 0 Å². The van der Waals surface area contributed by atoms with E-state index in [0.29, 0.717) is 0 Å². The number of hydrogen-bond donors (Lipinski definition) is 16. The third-order valence-electron chi connectivity index (χ3n) is 12.0. The average molecular weight is 785 g/mol. The molecule has 0 radical (unpaired) electrons. The maximum Gasteiger partial charge on any atom is 0.130 e. The quantitative estimate of drug-likeness (QED) is 0.0685. The van der Waals surface area contributed by atoms with Gasteiger partial charge in [-0.05, 0) is 26.9 Å². The highest BCUT2D eigenvalue weighted by Crippen LogP contribution is 2.37. The van der Waals surface area contributed by atoms with Crippen molar-refractivity contribution >= 4 is 0 Å². The Kier molecular flexibility index (Phi) is 16.7. The zero-order chi connectivity index (χ0) is 40.3. The molecule has 2 aliphatic carbocycles. The molecule has 2 saturated carbocycles. The van der Waals surface area contributed by atoms with Gasteiger partial charge in [0.1, 0.15) is 36.9 Å². The maximum atomic E-state index is 11.1. The number of hydrogen-bond acceptors (Lipinski definition) is 22. The van der Waals surface area contributed by atoms with Crippen LogP contribution in [0.2, 0.25) is 0 Å². The molecule has 318 valence electrons. The lowest BCUT2D eigenvalue weighted by Crippen LogP contribution is -2.70. The van der Waals surface area contributed by atoms with Gasteiger partial charge in [0, 0.05) is 62.2 Å². The second-order valence-electron chi connectivity index (χ2n) is 15.6. The van der Waals surface area contributed by atoms with Gasteiger partial charge in [0.05, 0.1) is 74.1 Å². The van der Waals surface area contributed by atoms with Gasteiger partial charge >= 0.3 is 0 Å². The first-order chi connectivity index (χ1) is 25.4. The molecule has 0 unspecified atom stereocenters. The summed E-state index contributed by atoms with van der Waals surface area (Å²) >= 11 is 0. The summed E-state index contributed by atoms with van der Waals surface area (Å²) in [4.78, 5) is 3.10. The third kappa shape index (κ3) is 9.86. The zero-order valence-electron chi connectivity index (χ0n) is 31.1. The van der Waals surface area contributed by atoms with Gasteiger partial charge in [0.15, 0.2) is 0 Å². The molecule has 22 heteroatoms. The number of nitrogens with zero attached hydrogens (tertiary/aromatic N) is 2. The molecule has 22 atom stereocenters. The molecule has 4 fully saturated rings. The van der Waals surface area contributed by atoms with E-state index in [1.807, 2.05) is 0 Å². The van der Waals surface area contributed by atoms with Crippen molar-refractivity contribution in [2.24, 2.45) is 57.7 Å². The Bertz CT molecular complexity index is 1060. The van der Waals surface area contributed by atoms with Crippen molar-refractivity contribution < 1.29 is 59.8 Å². The lowest BCUT2D eigenvalue weighted by atomic mass is 9.71. The summed E-state index contributed by atoms with van der Waals surface area (Å²) in [5.41, 5.74) is 49.3. The van der Waals surface area contributed by atoms with E-state index in [1.54, 1.807) is 23.9 Å². The van der Waals surface area contributed by atoms with Gasteiger partial charge < -0.3 is 106 Å². The summed E-state index contributed by atoms with van der Waals surface area (Å²) in [6, 6.07) is -4.98. The summed E-state index contributed by atoms with van der Waals surface area (Å²) < 4.78 is 24.1. The molecule has 0 aromatic carbocycles. The molecule has 0 aromatic heterocycles. The molecule has 2 heterocycles. The van der Waals surface area contributed by atoms with E-state index in [-0.39, 0.29) is 52.2 Å². The summed E-state index contributed by atoms with van der Waals surface area (Å²) in [6.45, 7) is -0.332. The van der Waals surface area contributed by atoms with Crippen molar-refractivity contribution in [1.82, 2.24) is 9.80 Å². The Morgan fingerprint density at radius 2 is 0.889 bits per heavy atom. The standard InChI is InChI=1S/C32H68N10O12/c1-41(17(43)9-51-31-19(11(35)5-13(37)23(31)45)29-21(39)27(49)25(47)15(7-33)53-29)3-4-42(2)18(44)10-52-32-20(12(36)6-14(38)24(32)46)30-22(40)28(50)26(48)16(8-34)54-30/h11-32,43-50H,3-10,33-40H2,1-2H3/t11-,12-,13+,14+,15+,16+,17+,18+,19-,20-,21+,22+,23-,24-,25+,26+,27+,28+,29+,30+,31-,32-/m0/s1. The zero-order valence-corrected chi connectivity index (χ0v) is 31.1. The number of aliphatic hydroxyl groups excluding tert-OH is 8. The van der Waals surface area contributed by atoms with E-state index in [2.05, 4.69) is 0 Å². The molecule has 0 aromatic rings. The SMILES string of the molecule is CN(CCN(C)[C@H](O)CO[C@@H]1[C@@H](O)[C@H](N)C[C@H](N)[C@H]1[C@H]1O[C@H](CN)[C@@H](O)[C@H](O)[C@H]1N)[C@H](O)CO[C@@H]1[C@@H](O)[C@H](N)C[C@H](N)[C@H]1[C@H]1O[C@H](CN)[C@@H](O)[C@H](O)[C@H]1N. The molecule has 2 saturated heterocycles. The van der Waals surface area contributed by atoms with Crippen LogP contribution in [0, 0.1) is 11.8 Å². The van der Waals surface area contributed by atoms with Crippen molar-refractivity contribution in [3.05, 3.63) is 0 Å². The minimum absolute atomic E-state index is 0.0995. The number of aliphatic hydroxyl groups is 8. The predicted molar refractivity (Wildman–Crippen MR) is 192 cm³/mol. The Morgan fingerprint density at radius 3 is 1.20 bits per heavy atom. The lowest BCUT2D eigenvalue weighted by molar-refractivity contribution is -0.223. The number of nitrogens with two attached hydrogens (primary N) is 8. The van der Waals surface area contributed by atoms with Gasteiger partial charge in [-0.25, -0.2) is 0 Å². The molecule has 24 N–H and O–H groups in total. The van der Waals surface area contributed by atoms with Crippen LogP contribution in [0.3, 0.4) is 0 Å². The number of ether oxygens (including phenoxy) is 4. The highest BCUT2D eigenvalue weighted by Gasteiger charge is 2.55. The Morgan fingerprint density at radius 1 is 0.556 bits per heavy atom. The Hall–Kier alpha value is -0.880. The average Bonchev–Trinajstić information content (AvgIpc) is 3.14. The van der Waals surface area contributed by atoms with Crippen molar-refractivity contribution in [3.8, 4) is 0 Å². The van der Waals surface area contributed by atoms with E-state index in [4.69, 9.17) is 64.8 Å². The Balaban J connectivity index is 1.33. The first-order valence-corrected chi connectivity index (χ1v) is 18.7. The van der Waals surface area contributed by atoms with Crippen LogP contribution in [-0.4, -0.2) is 226 Å². The van der Waals surface area contributed by atoms with Crippen LogP contribution >= 0.6 is 0 Å². The van der Waals surface area contributed by atoms with Crippen molar-refractivity contribution in [1.29, 1.82) is 0 Å². The number of rotatable bonds is 15. The first-order valence-electron chi connectivity index (χ1n) is 18.7. The molecule has 4 aliphatic rings. The second-order valence-corrected chi connectivity index (χ2v) is 15.6. The predicted octanol–water partition coefficient (Wildman–Crippen LogP) is -10.1. The minimum atomic E-state index is -1.37. The molecule has 22 nitrogen and oxygen atoms in total. The second kappa shape index (κ2) is 19.7. The van der Waals surface area contributed by atoms with Crippen LogP contribution in [0.5, 0.6) is 0 Å². The van der Waals surface area contributed by atoms with Gasteiger partial charge in [0.2, 0.25) is 0 Å². The summed E-state index contributed by atoms with van der Waals surface area (Å²) in [7, 11) is 3.25. The van der Waals surface area contributed by atoms with Crippen LogP contribution < -0.4 is 45.9 Å². The van der Waals surface area contributed by atoms with Gasteiger partial charge in [-0.3, -0.25) is 9.80 Å². The van der Waals surface area contributed by atoms with E-state index >= 15 is 0 Å². The lowest BCUT2D eigenvalue weighted by Gasteiger charge is -2.51. The van der Waals surface area contributed by atoms with Crippen LogP contribution in [0.1, 0.15) is 12.8 Å². The van der Waals surface area contributed by atoms with Crippen molar-refractivity contribution in [3.63, 3.8) is 0 Å². The fourth-order valence-corrected chi connectivity index (χ4v) is 8.31. The molecule has 0 spiro atoms. The topological polar surface area (TPSA) is 413 Å². The van der Waals surface area contributed by atoms with E-state index in [0.717, 1.165) is 0 Å². The maximum absolute atomic E-state index is 11.1. The molecule has 4 rings (SSSR count). The monoisotopic (exact) mass is 785 g/mol. The van der Waals surface area contributed by atoms with Gasteiger partial charge in [-0.2, -0.15) is 0 Å². The van der Waals surface area contributed by atoms with E-state index in [1.165, 1.54) is 0 Å². The fraction of sp³-hybridized carbons (Fsp3) is 1.00. The van der Waals surface area contributed by atoms with Crippen LogP contribution in [0.15, 0.2) is 0 Å². The largest absolute Gasteiger partial charge is 0.389 e. The van der Waals surface area contributed by atoms with E-state index < -0.39 is 134 Å². The summed E-state index contributed by atoms with van der Waals surface area (Å²) in [5, 5.41) is 86.1. The molecular formula is C32H68N10O12. The molecule has 54 heavy (non-hydrogen) atoms. The highest BCUT2D eigenvalue weighted by atomic mass is 16.5. The van der Waals surface area contributed by atoms with Crippen molar-refractivity contribution in [2.45, 2.75) is 135 Å². The smallest absolute Gasteiger partial charge is 0.130 e. The minimum Gasteiger partial charge on any atom is -0.389 e. The molecule has 0 amide bonds. The van der Waals surface area contributed by atoms with Crippen LogP contribution in [0.25, 0.3) is 0 Å². The molecular weight excluding hydrogens is 716 g/mol. The van der Waals surface area contributed by atoms with E-state index in [9.17, 15) is 40.9 Å². The van der Waals surface area contributed by atoms with Crippen molar-refractivity contribution in [2.75, 3.05) is 53.5 Å². The molecule has 2 aliphatic heterocycles. The van der Waals surface area contributed by atoms with Gasteiger partial charge in [-0.15, -0.1) is 0 Å². The summed E-state index contributed by atoms with van der Waals surface area (Å²) in [5.74, 6) is -1.54. The molecule has 0 bridgehead atoms. The fourth-order valence-electron chi connectivity index (χ4n) is 8.31. The summed E-state index contributed by atoms with van der Waals surface area (Å²) in [6.07, 6.45) is -15.6. The number of likely N-dealkylation sites (N-methyl/N-ethyl adjacent to an activating group) is 2. The normalized spacial score (nSPS) is 47.6.